The first-order valence-corrected chi connectivity index (χ1v) is 9.00. The molecule has 5 heteroatoms. The van der Waals surface area contributed by atoms with Crippen molar-refractivity contribution in [3.8, 4) is 0 Å². The van der Waals surface area contributed by atoms with E-state index in [1.807, 2.05) is 48.5 Å². The third-order valence-corrected chi connectivity index (χ3v) is 4.59. The number of nitrogens with zero attached hydrogens (tertiary/aromatic N) is 1. The Labute approximate surface area is 153 Å². The zero-order valence-electron chi connectivity index (χ0n) is 14.2. The summed E-state index contributed by atoms with van der Waals surface area (Å²) in [5.74, 6) is -0.0353. The first-order valence-electron chi connectivity index (χ1n) is 8.62. The molecule has 0 aromatic heterocycles. The fourth-order valence-electron chi connectivity index (χ4n) is 2.85. The van der Waals surface area contributed by atoms with Gasteiger partial charge in [-0.2, -0.15) is 0 Å². The summed E-state index contributed by atoms with van der Waals surface area (Å²) in [6.07, 6.45) is 0.790. The highest BCUT2D eigenvalue weighted by Gasteiger charge is 2.11. The quantitative estimate of drug-likeness (QED) is 0.862. The van der Waals surface area contributed by atoms with Gasteiger partial charge in [-0.05, 0) is 41.8 Å². The van der Waals surface area contributed by atoms with Crippen molar-refractivity contribution in [1.82, 2.24) is 10.2 Å². The second-order valence-corrected chi connectivity index (χ2v) is 6.65. The van der Waals surface area contributed by atoms with Crippen molar-refractivity contribution in [2.45, 2.75) is 13.0 Å². The molecule has 1 N–H and O–H groups in total. The molecule has 1 aliphatic heterocycles. The normalized spacial score (nSPS) is 15.1. The number of benzene rings is 2. The van der Waals surface area contributed by atoms with Gasteiger partial charge < -0.3 is 10.1 Å². The van der Waals surface area contributed by atoms with E-state index >= 15 is 0 Å². The summed E-state index contributed by atoms with van der Waals surface area (Å²) in [5, 5.41) is 3.69. The summed E-state index contributed by atoms with van der Waals surface area (Å²) in [6.45, 7) is 5.04. The second-order valence-electron chi connectivity index (χ2n) is 6.22. The first-order chi connectivity index (χ1) is 12.2. The van der Waals surface area contributed by atoms with E-state index in [9.17, 15) is 4.79 Å². The van der Waals surface area contributed by atoms with E-state index in [0.717, 1.165) is 49.9 Å². The van der Waals surface area contributed by atoms with E-state index in [1.165, 1.54) is 5.56 Å². The van der Waals surface area contributed by atoms with Crippen molar-refractivity contribution in [3.05, 3.63) is 70.2 Å². The Bertz CT molecular complexity index is 680. The SMILES string of the molecule is O=C(NCCc1ccc(Cl)cc1)c1ccc(CN2CCOCC2)cc1. The Balaban J connectivity index is 1.46. The molecule has 0 aliphatic carbocycles. The molecule has 132 valence electrons. The minimum absolute atomic E-state index is 0.0353. The molecular formula is C20H23ClN2O2. The fraction of sp³-hybridized carbons (Fsp3) is 0.350. The number of ether oxygens (including phenoxy) is 1. The number of nitrogens with one attached hydrogen (secondary N) is 1. The van der Waals surface area contributed by atoms with Gasteiger partial charge in [0.25, 0.3) is 5.91 Å². The topological polar surface area (TPSA) is 41.6 Å². The van der Waals surface area contributed by atoms with E-state index in [-0.39, 0.29) is 5.91 Å². The lowest BCUT2D eigenvalue weighted by molar-refractivity contribution is 0.0342. The van der Waals surface area contributed by atoms with Crippen LogP contribution in [0, 0.1) is 0 Å². The number of morpholine rings is 1. The van der Waals surface area contributed by atoms with Crippen LogP contribution in [-0.4, -0.2) is 43.7 Å². The molecule has 0 spiro atoms. The fourth-order valence-corrected chi connectivity index (χ4v) is 2.98. The second kappa shape index (κ2) is 8.99. The summed E-state index contributed by atoms with van der Waals surface area (Å²) < 4.78 is 5.36. The zero-order chi connectivity index (χ0) is 17.5. The van der Waals surface area contributed by atoms with Gasteiger partial charge in [-0.3, -0.25) is 9.69 Å². The van der Waals surface area contributed by atoms with E-state index < -0.39 is 0 Å². The summed E-state index contributed by atoms with van der Waals surface area (Å²) in [6, 6.07) is 15.6. The summed E-state index contributed by atoms with van der Waals surface area (Å²) >= 11 is 5.87. The van der Waals surface area contributed by atoms with Crippen molar-refractivity contribution in [2.24, 2.45) is 0 Å². The minimum atomic E-state index is -0.0353. The van der Waals surface area contributed by atoms with Crippen molar-refractivity contribution in [3.63, 3.8) is 0 Å². The molecule has 0 bridgehead atoms. The predicted molar refractivity (Wildman–Crippen MR) is 100 cm³/mol. The van der Waals surface area contributed by atoms with Gasteiger partial charge in [0.2, 0.25) is 0 Å². The van der Waals surface area contributed by atoms with Gasteiger partial charge >= 0.3 is 0 Å². The van der Waals surface area contributed by atoms with Crippen LogP contribution in [0.25, 0.3) is 0 Å². The molecular weight excluding hydrogens is 336 g/mol. The van der Waals surface area contributed by atoms with Gasteiger partial charge in [0.15, 0.2) is 0 Å². The Hall–Kier alpha value is -1.88. The molecule has 0 saturated carbocycles. The van der Waals surface area contributed by atoms with Crippen molar-refractivity contribution in [1.29, 1.82) is 0 Å². The van der Waals surface area contributed by atoms with Gasteiger partial charge in [-0.15, -0.1) is 0 Å². The lowest BCUT2D eigenvalue weighted by atomic mass is 10.1. The Morgan fingerprint density at radius 3 is 2.32 bits per heavy atom. The standard InChI is InChI=1S/C20H23ClN2O2/c21-19-7-3-16(4-8-19)9-10-22-20(24)18-5-1-17(2-6-18)15-23-11-13-25-14-12-23/h1-8H,9-15H2,(H,22,24). The molecule has 3 rings (SSSR count). The molecule has 1 aliphatic rings. The number of carbonyl (C=O) groups excluding carboxylic acids is 1. The summed E-state index contributed by atoms with van der Waals surface area (Å²) in [7, 11) is 0. The molecule has 2 aromatic carbocycles. The predicted octanol–water partition coefficient (Wildman–Crippen LogP) is 3.14. The molecule has 0 radical (unpaired) electrons. The van der Waals surface area contributed by atoms with Crippen LogP contribution in [0.3, 0.4) is 0 Å². The third-order valence-electron chi connectivity index (χ3n) is 4.34. The van der Waals surface area contributed by atoms with Crippen molar-refractivity contribution >= 4 is 17.5 Å². The number of carbonyl (C=O) groups is 1. The number of rotatable bonds is 6. The van der Waals surface area contributed by atoms with Gasteiger partial charge in [-0.25, -0.2) is 0 Å². The van der Waals surface area contributed by atoms with E-state index in [4.69, 9.17) is 16.3 Å². The number of hydrogen-bond donors (Lipinski definition) is 1. The van der Waals surface area contributed by atoms with E-state index in [2.05, 4.69) is 10.2 Å². The average Bonchev–Trinajstić information content (AvgIpc) is 2.65. The average molecular weight is 359 g/mol. The minimum Gasteiger partial charge on any atom is -0.379 e. The number of hydrogen-bond acceptors (Lipinski definition) is 3. The maximum Gasteiger partial charge on any atom is 0.251 e. The third kappa shape index (κ3) is 5.56. The van der Waals surface area contributed by atoms with Gasteiger partial charge in [0, 0.05) is 36.8 Å². The highest BCUT2D eigenvalue weighted by atomic mass is 35.5. The van der Waals surface area contributed by atoms with Crippen molar-refractivity contribution < 1.29 is 9.53 Å². The molecule has 1 saturated heterocycles. The molecule has 0 unspecified atom stereocenters. The summed E-state index contributed by atoms with van der Waals surface area (Å²) in [5.41, 5.74) is 3.08. The zero-order valence-corrected chi connectivity index (χ0v) is 15.0. The molecule has 2 aromatic rings. The molecule has 1 fully saturated rings. The smallest absolute Gasteiger partial charge is 0.251 e. The summed E-state index contributed by atoms with van der Waals surface area (Å²) in [4.78, 5) is 14.6. The molecule has 4 nitrogen and oxygen atoms in total. The highest BCUT2D eigenvalue weighted by molar-refractivity contribution is 6.30. The largest absolute Gasteiger partial charge is 0.379 e. The van der Waals surface area contributed by atoms with E-state index in [1.54, 1.807) is 0 Å². The van der Waals surface area contributed by atoms with Crippen LogP contribution in [0.1, 0.15) is 21.5 Å². The van der Waals surface area contributed by atoms with Crippen LogP contribution in [0.15, 0.2) is 48.5 Å². The van der Waals surface area contributed by atoms with Gasteiger partial charge in [-0.1, -0.05) is 35.9 Å². The van der Waals surface area contributed by atoms with Gasteiger partial charge in [0.05, 0.1) is 13.2 Å². The van der Waals surface area contributed by atoms with Crippen LogP contribution in [0.2, 0.25) is 5.02 Å². The lowest BCUT2D eigenvalue weighted by Gasteiger charge is -2.26. The Morgan fingerprint density at radius 1 is 1.00 bits per heavy atom. The van der Waals surface area contributed by atoms with Crippen molar-refractivity contribution in [2.75, 3.05) is 32.8 Å². The van der Waals surface area contributed by atoms with Crippen LogP contribution in [-0.2, 0) is 17.7 Å². The molecule has 0 atom stereocenters. The monoisotopic (exact) mass is 358 g/mol. The first kappa shape index (κ1) is 17.9. The van der Waals surface area contributed by atoms with Crippen LogP contribution in [0.5, 0.6) is 0 Å². The molecule has 25 heavy (non-hydrogen) atoms. The number of halogens is 1. The lowest BCUT2D eigenvalue weighted by Crippen LogP contribution is -2.35. The Morgan fingerprint density at radius 2 is 1.64 bits per heavy atom. The van der Waals surface area contributed by atoms with E-state index in [0.29, 0.717) is 12.1 Å². The van der Waals surface area contributed by atoms with Crippen LogP contribution >= 0.6 is 11.6 Å². The maximum absolute atomic E-state index is 12.2. The van der Waals surface area contributed by atoms with Crippen LogP contribution < -0.4 is 5.32 Å². The van der Waals surface area contributed by atoms with Crippen LogP contribution in [0.4, 0.5) is 0 Å². The highest BCUT2D eigenvalue weighted by Crippen LogP contribution is 2.11. The number of amides is 1. The van der Waals surface area contributed by atoms with Gasteiger partial charge in [0.1, 0.15) is 0 Å². The Kier molecular flexibility index (Phi) is 6.45. The molecule has 1 heterocycles. The maximum atomic E-state index is 12.2. The molecule has 1 amide bonds.